The Morgan fingerprint density at radius 3 is 2.64 bits per heavy atom. The minimum Gasteiger partial charge on any atom is -0.380 e. The van der Waals surface area contributed by atoms with Gasteiger partial charge in [0.1, 0.15) is 0 Å². The van der Waals surface area contributed by atoms with Crippen molar-refractivity contribution in [1.29, 1.82) is 0 Å². The molecular formula is C11H24N2O. The third kappa shape index (κ3) is 3.95. The molecule has 1 aliphatic carbocycles. The van der Waals surface area contributed by atoms with E-state index in [2.05, 4.69) is 18.9 Å². The number of ether oxygens (including phenoxy) is 1. The zero-order valence-electron chi connectivity index (χ0n) is 9.70. The summed E-state index contributed by atoms with van der Waals surface area (Å²) in [4.78, 5) is 2.40. The Morgan fingerprint density at radius 2 is 2.21 bits per heavy atom. The van der Waals surface area contributed by atoms with Gasteiger partial charge in [0.05, 0.1) is 6.10 Å². The van der Waals surface area contributed by atoms with E-state index in [0.717, 1.165) is 24.8 Å². The van der Waals surface area contributed by atoms with Crippen molar-refractivity contribution < 1.29 is 4.74 Å². The predicted molar refractivity (Wildman–Crippen MR) is 59.2 cm³/mol. The topological polar surface area (TPSA) is 38.5 Å². The van der Waals surface area contributed by atoms with Gasteiger partial charge in [-0.1, -0.05) is 6.92 Å². The molecule has 1 saturated carbocycles. The lowest BCUT2D eigenvalue weighted by Crippen LogP contribution is -2.30. The van der Waals surface area contributed by atoms with Gasteiger partial charge in [0.15, 0.2) is 0 Å². The number of nitrogens with zero attached hydrogens (tertiary/aromatic N) is 1. The molecule has 1 rings (SSSR count). The Balaban J connectivity index is 2.04. The summed E-state index contributed by atoms with van der Waals surface area (Å²) < 4.78 is 5.24. The number of hydrogen-bond donors (Lipinski definition) is 1. The van der Waals surface area contributed by atoms with E-state index in [0.29, 0.717) is 6.54 Å². The lowest BCUT2D eigenvalue weighted by molar-refractivity contribution is 0.0920. The molecule has 1 aliphatic rings. The molecule has 3 unspecified atom stereocenters. The second-order valence-electron chi connectivity index (χ2n) is 4.62. The maximum Gasteiger partial charge on any atom is 0.0705 e. The minimum absolute atomic E-state index is 0.231. The summed E-state index contributed by atoms with van der Waals surface area (Å²) >= 11 is 0. The second kappa shape index (κ2) is 5.69. The van der Waals surface area contributed by atoms with Crippen molar-refractivity contribution in [2.45, 2.75) is 25.9 Å². The quantitative estimate of drug-likeness (QED) is 0.664. The Morgan fingerprint density at radius 1 is 1.57 bits per heavy atom. The first-order valence-electron chi connectivity index (χ1n) is 5.58. The van der Waals surface area contributed by atoms with Crippen molar-refractivity contribution in [3.05, 3.63) is 0 Å². The molecule has 84 valence electrons. The van der Waals surface area contributed by atoms with E-state index >= 15 is 0 Å². The van der Waals surface area contributed by atoms with Gasteiger partial charge in [-0.25, -0.2) is 0 Å². The smallest absolute Gasteiger partial charge is 0.0705 e. The number of nitrogens with two attached hydrogens (primary N) is 1. The van der Waals surface area contributed by atoms with Crippen LogP contribution in [0.2, 0.25) is 0 Å². The summed E-state index contributed by atoms with van der Waals surface area (Å²) in [6, 6.07) is 0. The molecule has 3 nitrogen and oxygen atoms in total. The Bertz CT molecular complexity index is 159. The largest absolute Gasteiger partial charge is 0.380 e. The van der Waals surface area contributed by atoms with E-state index in [1.165, 1.54) is 13.0 Å². The molecule has 0 spiro atoms. The molecule has 14 heavy (non-hydrogen) atoms. The Hall–Kier alpha value is -0.120. The van der Waals surface area contributed by atoms with Crippen LogP contribution in [0.5, 0.6) is 0 Å². The van der Waals surface area contributed by atoms with Gasteiger partial charge in [-0.2, -0.15) is 0 Å². The molecule has 0 radical (unpaired) electrons. The molecule has 0 aromatic rings. The molecule has 3 atom stereocenters. The van der Waals surface area contributed by atoms with Crippen LogP contribution in [-0.2, 0) is 4.74 Å². The highest BCUT2D eigenvalue weighted by Gasteiger charge is 2.32. The molecule has 0 bridgehead atoms. The Labute approximate surface area is 87.6 Å². The standard InChI is InChI=1S/C11H24N2O/c1-9-6-10(9)8-13(2)5-4-11(7-12)14-3/h9-11H,4-8,12H2,1-3H3. The highest BCUT2D eigenvalue weighted by molar-refractivity contribution is 4.84. The summed E-state index contributed by atoms with van der Waals surface area (Å²) in [6.07, 6.45) is 2.69. The first-order valence-corrected chi connectivity index (χ1v) is 5.58. The molecule has 0 saturated heterocycles. The summed E-state index contributed by atoms with van der Waals surface area (Å²) in [5.41, 5.74) is 5.56. The van der Waals surface area contributed by atoms with Gasteiger partial charge in [-0.15, -0.1) is 0 Å². The van der Waals surface area contributed by atoms with Crippen molar-refractivity contribution >= 4 is 0 Å². The number of hydrogen-bond acceptors (Lipinski definition) is 3. The first-order chi connectivity index (χ1) is 6.67. The van der Waals surface area contributed by atoms with Crippen molar-refractivity contribution in [2.75, 3.05) is 33.8 Å². The normalized spacial score (nSPS) is 28.1. The van der Waals surface area contributed by atoms with E-state index in [1.807, 2.05) is 0 Å². The third-order valence-corrected chi connectivity index (χ3v) is 3.25. The first kappa shape index (κ1) is 12.0. The maximum atomic E-state index is 5.56. The van der Waals surface area contributed by atoms with Crippen molar-refractivity contribution in [2.24, 2.45) is 17.6 Å². The monoisotopic (exact) mass is 200 g/mol. The van der Waals surface area contributed by atoms with Gasteiger partial charge in [-0.3, -0.25) is 0 Å². The zero-order valence-corrected chi connectivity index (χ0v) is 9.70. The van der Waals surface area contributed by atoms with Crippen LogP contribution in [0.25, 0.3) is 0 Å². The lowest BCUT2D eigenvalue weighted by atomic mass is 10.2. The predicted octanol–water partition coefficient (Wildman–Crippen LogP) is 0.938. The fraction of sp³-hybridized carbons (Fsp3) is 1.00. The minimum atomic E-state index is 0.231. The number of methoxy groups -OCH3 is 1. The van der Waals surface area contributed by atoms with Crippen LogP contribution in [-0.4, -0.2) is 44.8 Å². The van der Waals surface area contributed by atoms with Gasteiger partial charge in [-0.05, 0) is 31.7 Å². The van der Waals surface area contributed by atoms with Crippen LogP contribution >= 0.6 is 0 Å². The molecule has 2 N–H and O–H groups in total. The summed E-state index contributed by atoms with van der Waals surface area (Å²) in [5.74, 6) is 1.89. The molecule has 0 amide bonds. The fourth-order valence-electron chi connectivity index (χ4n) is 1.84. The molecule has 1 fully saturated rings. The highest BCUT2D eigenvalue weighted by Crippen LogP contribution is 2.37. The van der Waals surface area contributed by atoms with E-state index in [1.54, 1.807) is 7.11 Å². The van der Waals surface area contributed by atoms with E-state index in [4.69, 9.17) is 10.5 Å². The molecule has 0 heterocycles. The molecular weight excluding hydrogens is 176 g/mol. The zero-order chi connectivity index (χ0) is 10.6. The lowest BCUT2D eigenvalue weighted by Gasteiger charge is -2.19. The van der Waals surface area contributed by atoms with E-state index < -0.39 is 0 Å². The molecule has 0 aliphatic heterocycles. The SMILES string of the molecule is COC(CN)CCN(C)CC1CC1C. The van der Waals surface area contributed by atoms with Crippen LogP contribution in [0.3, 0.4) is 0 Å². The summed E-state index contributed by atoms with van der Waals surface area (Å²) in [5, 5.41) is 0. The van der Waals surface area contributed by atoms with E-state index in [9.17, 15) is 0 Å². The van der Waals surface area contributed by atoms with Crippen LogP contribution < -0.4 is 5.73 Å². The van der Waals surface area contributed by atoms with Crippen molar-refractivity contribution in [1.82, 2.24) is 4.90 Å². The van der Waals surface area contributed by atoms with Crippen molar-refractivity contribution in [3.8, 4) is 0 Å². The average Bonchev–Trinajstić information content (AvgIpc) is 2.83. The van der Waals surface area contributed by atoms with Gasteiger partial charge in [0.2, 0.25) is 0 Å². The van der Waals surface area contributed by atoms with Crippen molar-refractivity contribution in [3.63, 3.8) is 0 Å². The summed E-state index contributed by atoms with van der Waals surface area (Å²) in [6.45, 7) is 5.29. The van der Waals surface area contributed by atoms with E-state index in [-0.39, 0.29) is 6.10 Å². The van der Waals surface area contributed by atoms with Crippen LogP contribution in [0.1, 0.15) is 19.8 Å². The van der Waals surface area contributed by atoms with Crippen LogP contribution in [0.15, 0.2) is 0 Å². The molecule has 3 heteroatoms. The molecule has 0 aromatic carbocycles. The van der Waals surface area contributed by atoms with Gasteiger partial charge in [0.25, 0.3) is 0 Å². The summed E-state index contributed by atoms with van der Waals surface area (Å²) in [7, 11) is 3.93. The second-order valence-corrected chi connectivity index (χ2v) is 4.62. The molecule has 0 aromatic heterocycles. The number of rotatable bonds is 7. The Kier molecular flexibility index (Phi) is 4.85. The van der Waals surface area contributed by atoms with Crippen LogP contribution in [0, 0.1) is 11.8 Å². The fourth-order valence-corrected chi connectivity index (χ4v) is 1.84. The maximum absolute atomic E-state index is 5.56. The van der Waals surface area contributed by atoms with Gasteiger partial charge >= 0.3 is 0 Å². The highest BCUT2D eigenvalue weighted by atomic mass is 16.5. The third-order valence-electron chi connectivity index (χ3n) is 3.25. The van der Waals surface area contributed by atoms with Gasteiger partial charge < -0.3 is 15.4 Å². The van der Waals surface area contributed by atoms with Crippen LogP contribution in [0.4, 0.5) is 0 Å². The average molecular weight is 200 g/mol. The van der Waals surface area contributed by atoms with Gasteiger partial charge in [0, 0.05) is 26.7 Å².